The van der Waals surface area contributed by atoms with E-state index >= 15 is 0 Å². The summed E-state index contributed by atoms with van der Waals surface area (Å²) in [6.07, 6.45) is 0. The number of sulfonamides is 1. The average Bonchev–Trinajstić information content (AvgIpc) is 3.17. The molecular formula is C24H21Cl2N5O6S2. The molecule has 39 heavy (non-hydrogen) atoms. The molecule has 1 N–H and O–H groups in total. The summed E-state index contributed by atoms with van der Waals surface area (Å²) in [6, 6.07) is 15.3. The van der Waals surface area contributed by atoms with Gasteiger partial charge in [0, 0.05) is 6.54 Å². The largest absolute Gasteiger partial charge is 0.296 e. The van der Waals surface area contributed by atoms with Gasteiger partial charge in [-0.1, -0.05) is 41.4 Å². The van der Waals surface area contributed by atoms with E-state index in [-0.39, 0.29) is 32.9 Å². The lowest BCUT2D eigenvalue weighted by molar-refractivity contribution is -0.117. The summed E-state index contributed by atoms with van der Waals surface area (Å²) in [4.78, 5) is 12.5. The highest BCUT2D eigenvalue weighted by Crippen LogP contribution is 2.36. The zero-order valence-corrected chi connectivity index (χ0v) is 23.6. The lowest BCUT2D eigenvalue weighted by Crippen LogP contribution is -2.30. The van der Waals surface area contributed by atoms with E-state index in [1.54, 1.807) is 44.2 Å². The second-order valence-electron chi connectivity index (χ2n) is 8.22. The van der Waals surface area contributed by atoms with Crippen LogP contribution in [0.2, 0.25) is 10.0 Å². The van der Waals surface area contributed by atoms with Crippen molar-refractivity contribution in [3.8, 4) is 0 Å². The predicted molar refractivity (Wildman–Crippen MR) is 148 cm³/mol. The number of hydrogen-bond donors (Lipinski definition) is 1. The molecule has 0 aromatic heterocycles. The summed E-state index contributed by atoms with van der Waals surface area (Å²) in [6.45, 7) is 3.52. The molecule has 0 radical (unpaired) electrons. The van der Waals surface area contributed by atoms with Crippen molar-refractivity contribution < 1.29 is 26.2 Å². The fourth-order valence-electron chi connectivity index (χ4n) is 3.76. The normalized spacial score (nSPS) is 16.1. The quantitative estimate of drug-likeness (QED) is 0.269. The lowest BCUT2D eigenvalue weighted by atomic mass is 10.2. The van der Waals surface area contributed by atoms with Gasteiger partial charge in [-0.15, -0.1) is 0 Å². The minimum Gasteiger partial charge on any atom is -0.282 e. The fourth-order valence-corrected chi connectivity index (χ4v) is 6.57. The molecule has 0 spiro atoms. The molecule has 1 heterocycles. The van der Waals surface area contributed by atoms with Gasteiger partial charge in [0.25, 0.3) is 26.0 Å². The zero-order chi connectivity index (χ0) is 28.5. The van der Waals surface area contributed by atoms with Gasteiger partial charge in [-0.25, -0.2) is 8.42 Å². The van der Waals surface area contributed by atoms with Crippen molar-refractivity contribution in [1.29, 1.82) is 0 Å². The average molecular weight is 611 g/mol. The summed E-state index contributed by atoms with van der Waals surface area (Å²) in [5, 5.41) is 12.6. The van der Waals surface area contributed by atoms with E-state index < -0.39 is 37.0 Å². The molecule has 0 saturated carbocycles. The Kier molecular flexibility index (Phi) is 8.09. The third-order valence-electron chi connectivity index (χ3n) is 5.65. The lowest BCUT2D eigenvalue weighted by Gasteiger charge is -2.22. The third kappa shape index (κ3) is 5.82. The molecule has 15 heteroatoms. The standard InChI is InChI=1S/C24H21Cl2N5O6S2/c1-3-30(17-7-5-4-6-8-17)38(33,34)18-11-9-16(10-12-18)27-28-23-15(2)29-31(24(23)32)21-13-20(26)22(14-19(21)25)39(35,36)37/h4-14,23H,3H2,1-2H3,(H,35,36,37). The van der Waals surface area contributed by atoms with Crippen LogP contribution in [0.15, 0.2) is 91.9 Å². The minimum atomic E-state index is -4.63. The van der Waals surface area contributed by atoms with Gasteiger partial charge < -0.3 is 0 Å². The number of anilines is 2. The van der Waals surface area contributed by atoms with Crippen molar-refractivity contribution in [1.82, 2.24) is 0 Å². The topological polar surface area (TPSA) is 149 Å². The van der Waals surface area contributed by atoms with Crippen LogP contribution in [0, 0.1) is 0 Å². The van der Waals surface area contributed by atoms with Crippen molar-refractivity contribution in [2.45, 2.75) is 29.7 Å². The molecule has 1 unspecified atom stereocenters. The maximum absolute atomic E-state index is 13.2. The maximum atomic E-state index is 13.2. The van der Waals surface area contributed by atoms with Crippen LogP contribution in [0.25, 0.3) is 0 Å². The van der Waals surface area contributed by atoms with Crippen LogP contribution in [-0.4, -0.2) is 45.6 Å². The number of hydrogen-bond acceptors (Lipinski definition) is 8. The highest BCUT2D eigenvalue weighted by Gasteiger charge is 2.36. The molecule has 1 aliphatic rings. The van der Waals surface area contributed by atoms with Gasteiger partial charge in [-0.05, 0) is 62.4 Å². The number of azo groups is 1. The monoisotopic (exact) mass is 609 g/mol. The van der Waals surface area contributed by atoms with Crippen molar-refractivity contribution in [3.05, 3.63) is 76.8 Å². The Morgan fingerprint density at radius 3 is 2.23 bits per heavy atom. The van der Waals surface area contributed by atoms with Crippen LogP contribution in [0.4, 0.5) is 17.1 Å². The first-order valence-electron chi connectivity index (χ1n) is 11.3. The number of nitrogens with zero attached hydrogens (tertiary/aromatic N) is 5. The van der Waals surface area contributed by atoms with E-state index in [1.807, 2.05) is 0 Å². The first-order valence-corrected chi connectivity index (χ1v) is 14.9. The fraction of sp³-hybridized carbons (Fsp3) is 0.167. The number of rotatable bonds is 8. The first kappa shape index (κ1) is 28.6. The molecule has 1 aliphatic heterocycles. The number of benzene rings is 3. The van der Waals surface area contributed by atoms with E-state index in [4.69, 9.17) is 23.2 Å². The highest BCUT2D eigenvalue weighted by atomic mass is 35.5. The number of amides is 1. The summed E-state index contributed by atoms with van der Waals surface area (Å²) in [5.41, 5.74) is 1.10. The molecule has 0 bridgehead atoms. The smallest absolute Gasteiger partial charge is 0.282 e. The highest BCUT2D eigenvalue weighted by molar-refractivity contribution is 7.92. The Balaban J connectivity index is 1.54. The van der Waals surface area contributed by atoms with Crippen LogP contribution >= 0.6 is 23.2 Å². The summed E-state index contributed by atoms with van der Waals surface area (Å²) in [5.74, 6) is -0.630. The van der Waals surface area contributed by atoms with Gasteiger partial charge in [0.05, 0.1) is 37.7 Å². The maximum Gasteiger partial charge on any atom is 0.296 e. The van der Waals surface area contributed by atoms with Gasteiger partial charge in [-0.2, -0.15) is 28.8 Å². The summed E-state index contributed by atoms with van der Waals surface area (Å²) in [7, 11) is -8.46. The number of hydrazone groups is 1. The molecule has 0 aliphatic carbocycles. The first-order chi connectivity index (χ1) is 18.3. The van der Waals surface area contributed by atoms with Crippen molar-refractivity contribution >= 4 is 72.0 Å². The predicted octanol–water partition coefficient (Wildman–Crippen LogP) is 5.33. The van der Waals surface area contributed by atoms with E-state index in [1.165, 1.54) is 28.6 Å². The number of carbonyl (C=O) groups excluding carboxylic acids is 1. The van der Waals surface area contributed by atoms with E-state index in [2.05, 4.69) is 15.3 Å². The molecule has 3 aromatic rings. The van der Waals surface area contributed by atoms with E-state index in [0.29, 0.717) is 11.4 Å². The molecule has 11 nitrogen and oxygen atoms in total. The molecule has 1 atom stereocenters. The minimum absolute atomic E-state index is 0.00966. The van der Waals surface area contributed by atoms with Crippen molar-refractivity contribution in [2.24, 2.45) is 15.3 Å². The van der Waals surface area contributed by atoms with Crippen LogP contribution in [0.5, 0.6) is 0 Å². The molecule has 4 rings (SSSR count). The third-order valence-corrected chi connectivity index (χ3v) is 9.19. The Hall–Kier alpha value is -3.36. The number of para-hydroxylation sites is 1. The number of halogens is 2. The second-order valence-corrected chi connectivity index (χ2v) is 12.3. The molecule has 3 aromatic carbocycles. The van der Waals surface area contributed by atoms with Gasteiger partial charge in [0.15, 0.2) is 6.04 Å². The van der Waals surface area contributed by atoms with Crippen LogP contribution in [0.3, 0.4) is 0 Å². The van der Waals surface area contributed by atoms with E-state index in [0.717, 1.165) is 17.1 Å². The molecule has 204 valence electrons. The Morgan fingerprint density at radius 2 is 1.64 bits per heavy atom. The molecule has 0 saturated heterocycles. The van der Waals surface area contributed by atoms with E-state index in [9.17, 15) is 26.2 Å². The van der Waals surface area contributed by atoms with Crippen LogP contribution in [-0.2, 0) is 24.9 Å². The van der Waals surface area contributed by atoms with Gasteiger partial charge in [-0.3, -0.25) is 13.7 Å². The van der Waals surface area contributed by atoms with Crippen LogP contribution < -0.4 is 9.31 Å². The summed E-state index contributed by atoms with van der Waals surface area (Å²) >= 11 is 12.1. The zero-order valence-electron chi connectivity index (χ0n) is 20.4. The Bertz CT molecular complexity index is 1700. The molecule has 1 amide bonds. The second kappa shape index (κ2) is 11.0. The van der Waals surface area contributed by atoms with Crippen LogP contribution in [0.1, 0.15) is 13.8 Å². The van der Waals surface area contributed by atoms with Crippen molar-refractivity contribution in [3.63, 3.8) is 0 Å². The van der Waals surface area contributed by atoms with Gasteiger partial charge in [0.1, 0.15) is 4.90 Å². The Morgan fingerprint density at radius 1 is 1.00 bits per heavy atom. The molecule has 0 fully saturated rings. The Labute approximate surface area is 235 Å². The van der Waals surface area contributed by atoms with Gasteiger partial charge in [0.2, 0.25) is 0 Å². The molecular weight excluding hydrogens is 589 g/mol. The summed E-state index contributed by atoms with van der Waals surface area (Å²) < 4.78 is 59.8. The van der Waals surface area contributed by atoms with Crippen molar-refractivity contribution in [2.75, 3.05) is 15.9 Å². The number of carbonyl (C=O) groups is 1. The SMILES string of the molecule is CCN(c1ccccc1)S(=O)(=O)c1ccc(N=NC2C(=O)N(c3cc(Cl)c(S(=O)(=O)O)cc3Cl)N=C2C)cc1. The van der Waals surface area contributed by atoms with Gasteiger partial charge >= 0.3 is 0 Å².